The van der Waals surface area contributed by atoms with Gasteiger partial charge in [0.05, 0.1) is 12.8 Å². The highest BCUT2D eigenvalue weighted by Gasteiger charge is 2.12. The first-order chi connectivity index (χ1) is 17.5. The van der Waals surface area contributed by atoms with Crippen LogP contribution < -0.4 is 14.9 Å². The number of hydrogen-bond donors (Lipinski definition) is 1. The third-order valence-corrected chi connectivity index (χ3v) is 6.29. The Kier molecular flexibility index (Phi) is 8.23. The second-order valence-corrected chi connectivity index (χ2v) is 9.08. The van der Waals surface area contributed by atoms with Crippen LogP contribution >= 0.6 is 15.9 Å². The molecular weight excluding hydrogens is 518 g/mol. The molecule has 0 radical (unpaired) electrons. The number of rotatable bonds is 9. The van der Waals surface area contributed by atoms with Crippen molar-refractivity contribution in [3.63, 3.8) is 0 Å². The normalized spacial score (nSPS) is 11.0. The van der Waals surface area contributed by atoms with Gasteiger partial charge in [-0.1, -0.05) is 36.4 Å². The van der Waals surface area contributed by atoms with Gasteiger partial charge in [-0.25, -0.2) is 5.43 Å². The van der Waals surface area contributed by atoms with Crippen molar-refractivity contribution < 1.29 is 14.3 Å². The summed E-state index contributed by atoms with van der Waals surface area (Å²) >= 11 is 3.57. The van der Waals surface area contributed by atoms with Gasteiger partial charge in [0.2, 0.25) is 0 Å². The molecule has 3 aromatic carbocycles. The van der Waals surface area contributed by atoms with Gasteiger partial charge in [-0.15, -0.1) is 0 Å². The molecule has 0 aliphatic rings. The van der Waals surface area contributed by atoms with E-state index in [2.05, 4.69) is 43.2 Å². The third-order valence-electron chi connectivity index (χ3n) is 5.61. The summed E-state index contributed by atoms with van der Waals surface area (Å²) in [5.74, 6) is 0.940. The maximum absolute atomic E-state index is 12.8. The molecule has 0 atom stereocenters. The van der Waals surface area contributed by atoms with Crippen molar-refractivity contribution in [1.82, 2.24) is 9.99 Å². The van der Waals surface area contributed by atoms with Crippen LogP contribution in [0.3, 0.4) is 0 Å². The van der Waals surface area contributed by atoms with Crippen LogP contribution in [0.25, 0.3) is 5.69 Å². The molecule has 1 aromatic heterocycles. The largest absolute Gasteiger partial charge is 0.490 e. The van der Waals surface area contributed by atoms with E-state index in [4.69, 9.17) is 9.47 Å². The van der Waals surface area contributed by atoms with Gasteiger partial charge in [0.15, 0.2) is 11.5 Å². The van der Waals surface area contributed by atoms with E-state index < -0.39 is 0 Å². The summed E-state index contributed by atoms with van der Waals surface area (Å²) in [5, 5.41) is 4.17. The molecule has 0 saturated carbocycles. The molecule has 0 aliphatic carbocycles. The second kappa shape index (κ2) is 11.7. The predicted octanol–water partition coefficient (Wildman–Crippen LogP) is 6.60. The van der Waals surface area contributed by atoms with Crippen LogP contribution in [0.4, 0.5) is 0 Å². The molecule has 0 saturated heterocycles. The molecule has 0 aliphatic heterocycles. The number of hydrazone groups is 1. The van der Waals surface area contributed by atoms with Crippen LogP contribution in [-0.2, 0) is 6.61 Å². The highest BCUT2D eigenvalue weighted by atomic mass is 79.9. The van der Waals surface area contributed by atoms with Crippen molar-refractivity contribution >= 4 is 28.1 Å². The zero-order chi connectivity index (χ0) is 25.5. The molecule has 0 fully saturated rings. The lowest BCUT2D eigenvalue weighted by molar-refractivity contribution is 0.0955. The lowest BCUT2D eigenvalue weighted by Gasteiger charge is -2.14. The molecule has 0 unspecified atom stereocenters. The molecule has 1 amide bonds. The van der Waals surface area contributed by atoms with E-state index in [0.29, 0.717) is 30.3 Å². The van der Waals surface area contributed by atoms with E-state index in [9.17, 15) is 4.79 Å². The summed E-state index contributed by atoms with van der Waals surface area (Å²) in [6.45, 7) is 6.92. The zero-order valence-electron chi connectivity index (χ0n) is 20.5. The SMILES string of the molecule is CCOc1cc(/C=N\NC(=O)c2cccc(-n3c(C)ccc3C)c2)c(Br)cc1OCc1ccccc1. The van der Waals surface area contributed by atoms with E-state index in [0.717, 1.165) is 32.7 Å². The molecule has 1 N–H and O–H groups in total. The topological polar surface area (TPSA) is 64.8 Å². The maximum Gasteiger partial charge on any atom is 0.271 e. The van der Waals surface area contributed by atoms with Crippen LogP contribution in [0.2, 0.25) is 0 Å². The van der Waals surface area contributed by atoms with Crippen LogP contribution in [0.5, 0.6) is 11.5 Å². The summed E-state index contributed by atoms with van der Waals surface area (Å²) < 4.78 is 14.7. The van der Waals surface area contributed by atoms with Crippen molar-refractivity contribution in [2.45, 2.75) is 27.4 Å². The van der Waals surface area contributed by atoms with E-state index in [1.165, 1.54) is 0 Å². The van der Waals surface area contributed by atoms with Gasteiger partial charge < -0.3 is 14.0 Å². The third kappa shape index (κ3) is 6.04. The number of amides is 1. The molecule has 0 bridgehead atoms. The van der Waals surface area contributed by atoms with Crippen molar-refractivity contribution in [1.29, 1.82) is 0 Å². The number of carbonyl (C=O) groups excluding carboxylic acids is 1. The Morgan fingerprint density at radius 1 is 0.944 bits per heavy atom. The average Bonchev–Trinajstić information content (AvgIpc) is 3.23. The van der Waals surface area contributed by atoms with E-state index in [-0.39, 0.29) is 5.91 Å². The highest BCUT2D eigenvalue weighted by Crippen LogP contribution is 2.34. The van der Waals surface area contributed by atoms with Gasteiger partial charge in [-0.2, -0.15) is 5.10 Å². The molecule has 6 nitrogen and oxygen atoms in total. The Morgan fingerprint density at radius 3 is 2.39 bits per heavy atom. The van der Waals surface area contributed by atoms with Crippen LogP contribution in [0, 0.1) is 13.8 Å². The smallest absolute Gasteiger partial charge is 0.271 e. The van der Waals surface area contributed by atoms with Crippen LogP contribution in [0.15, 0.2) is 88.4 Å². The lowest BCUT2D eigenvalue weighted by atomic mass is 10.2. The molecule has 4 aromatic rings. The zero-order valence-corrected chi connectivity index (χ0v) is 22.1. The number of hydrogen-bond acceptors (Lipinski definition) is 4. The minimum absolute atomic E-state index is 0.292. The molecular formula is C29H28BrN3O3. The fourth-order valence-corrected chi connectivity index (χ4v) is 4.28. The number of benzene rings is 3. The second-order valence-electron chi connectivity index (χ2n) is 8.23. The molecule has 0 spiro atoms. The van der Waals surface area contributed by atoms with E-state index in [1.807, 2.05) is 81.4 Å². The monoisotopic (exact) mass is 545 g/mol. The fourth-order valence-electron chi connectivity index (χ4n) is 3.85. The summed E-state index contributed by atoms with van der Waals surface area (Å²) in [4.78, 5) is 12.8. The van der Waals surface area contributed by atoms with Gasteiger partial charge in [-0.05, 0) is 84.7 Å². The number of carbonyl (C=O) groups is 1. The first-order valence-electron chi connectivity index (χ1n) is 11.7. The van der Waals surface area contributed by atoms with Crippen LogP contribution in [-0.4, -0.2) is 23.3 Å². The van der Waals surface area contributed by atoms with Gasteiger partial charge in [0.1, 0.15) is 6.61 Å². The molecule has 1 heterocycles. The van der Waals surface area contributed by atoms with Gasteiger partial charge in [0, 0.05) is 32.7 Å². The lowest BCUT2D eigenvalue weighted by Crippen LogP contribution is -2.18. The molecule has 36 heavy (non-hydrogen) atoms. The van der Waals surface area contributed by atoms with Gasteiger partial charge in [-0.3, -0.25) is 4.79 Å². The minimum Gasteiger partial charge on any atom is -0.490 e. The number of nitrogens with zero attached hydrogens (tertiary/aromatic N) is 2. The summed E-state index contributed by atoms with van der Waals surface area (Å²) in [5.41, 5.74) is 8.10. The minimum atomic E-state index is -0.292. The standard InChI is InChI=1S/C29H28BrN3O3/c1-4-35-27-16-24(26(30)17-28(27)36-19-22-9-6-5-7-10-22)18-31-32-29(34)23-11-8-12-25(15-23)33-20(2)13-14-21(33)3/h5-18H,4,19H2,1-3H3,(H,32,34)/b31-18-. The first-order valence-corrected chi connectivity index (χ1v) is 12.5. The van der Waals surface area contributed by atoms with Gasteiger partial charge in [0.25, 0.3) is 5.91 Å². The average molecular weight is 546 g/mol. The molecule has 7 heteroatoms. The Hall–Kier alpha value is -3.84. The van der Waals surface area contributed by atoms with Crippen molar-refractivity contribution in [3.05, 3.63) is 111 Å². The summed E-state index contributed by atoms with van der Waals surface area (Å²) in [6.07, 6.45) is 1.58. The van der Waals surface area contributed by atoms with Crippen molar-refractivity contribution in [2.24, 2.45) is 5.10 Å². The Balaban J connectivity index is 1.47. The molecule has 184 valence electrons. The molecule has 4 rings (SSSR count). The van der Waals surface area contributed by atoms with Crippen molar-refractivity contribution in [2.75, 3.05) is 6.61 Å². The van der Waals surface area contributed by atoms with Crippen molar-refractivity contribution in [3.8, 4) is 17.2 Å². The number of halogens is 1. The maximum atomic E-state index is 12.8. The summed E-state index contributed by atoms with van der Waals surface area (Å²) in [7, 11) is 0. The predicted molar refractivity (Wildman–Crippen MR) is 146 cm³/mol. The Morgan fingerprint density at radius 2 is 1.67 bits per heavy atom. The number of aromatic nitrogens is 1. The van der Waals surface area contributed by atoms with Gasteiger partial charge >= 0.3 is 0 Å². The van der Waals surface area contributed by atoms with E-state index in [1.54, 1.807) is 12.3 Å². The van der Waals surface area contributed by atoms with E-state index >= 15 is 0 Å². The highest BCUT2D eigenvalue weighted by molar-refractivity contribution is 9.10. The number of ether oxygens (including phenoxy) is 2. The fraction of sp³-hybridized carbons (Fsp3) is 0.172. The quantitative estimate of drug-likeness (QED) is 0.190. The Labute approximate surface area is 219 Å². The Bertz CT molecular complexity index is 1360. The first kappa shape index (κ1) is 25.3. The van der Waals surface area contributed by atoms with Crippen LogP contribution in [0.1, 0.15) is 39.8 Å². The number of nitrogens with one attached hydrogen (secondary N) is 1. The summed E-state index contributed by atoms with van der Waals surface area (Å²) in [6, 6.07) is 25.2. The number of aryl methyl sites for hydroxylation is 2.